The third kappa shape index (κ3) is 3.73. The molecule has 0 aliphatic heterocycles. The Kier molecular flexibility index (Phi) is 4.98. The molecule has 0 heterocycles. The number of urea groups is 1. The van der Waals surface area contributed by atoms with Crippen molar-refractivity contribution in [3.63, 3.8) is 0 Å². The Morgan fingerprint density at radius 2 is 1.60 bits per heavy atom. The van der Waals surface area contributed by atoms with Crippen molar-refractivity contribution < 1.29 is 9.90 Å². The summed E-state index contributed by atoms with van der Waals surface area (Å²) in [4.78, 5) is 11.9. The van der Waals surface area contributed by atoms with Crippen molar-refractivity contribution in [3.05, 3.63) is 59.1 Å². The molecule has 2 aromatic carbocycles. The van der Waals surface area contributed by atoms with E-state index in [2.05, 4.69) is 10.6 Å². The maximum Gasteiger partial charge on any atom is 0.323 e. The zero-order valence-electron chi connectivity index (χ0n) is 10.8. The van der Waals surface area contributed by atoms with Crippen LogP contribution in [0.3, 0.4) is 0 Å². The average Bonchev–Trinajstić information content (AvgIpc) is 2.44. The lowest BCUT2D eigenvalue weighted by molar-refractivity contribution is 0.262. The van der Waals surface area contributed by atoms with Crippen molar-refractivity contribution in [1.29, 1.82) is 0 Å². The summed E-state index contributed by atoms with van der Waals surface area (Å²) in [7, 11) is 0. The number of carbonyl (C=O) groups is 1. The molecule has 0 bridgehead atoms. The lowest BCUT2D eigenvalue weighted by atomic mass is 10.1. The van der Waals surface area contributed by atoms with Crippen molar-refractivity contribution in [1.82, 2.24) is 0 Å². The first-order valence-electron chi connectivity index (χ1n) is 6.22. The normalized spacial score (nSPS) is 10.1. The van der Waals surface area contributed by atoms with Crippen molar-refractivity contribution in [2.24, 2.45) is 0 Å². The summed E-state index contributed by atoms with van der Waals surface area (Å²) in [6.07, 6.45) is 0.489. The molecule has 5 heteroatoms. The van der Waals surface area contributed by atoms with Crippen LogP contribution in [0.4, 0.5) is 16.2 Å². The molecule has 0 spiro atoms. The lowest BCUT2D eigenvalue weighted by Gasteiger charge is -2.12. The number of anilines is 2. The molecule has 3 N–H and O–H groups in total. The fraction of sp³-hybridized carbons (Fsp3) is 0.133. The maximum absolute atomic E-state index is 11.9. The van der Waals surface area contributed by atoms with E-state index in [4.69, 9.17) is 16.7 Å². The summed E-state index contributed by atoms with van der Waals surface area (Å²) in [5.74, 6) is 0. The van der Waals surface area contributed by atoms with E-state index in [1.165, 1.54) is 0 Å². The first-order chi connectivity index (χ1) is 9.70. The molecule has 20 heavy (non-hydrogen) atoms. The van der Waals surface area contributed by atoms with Gasteiger partial charge in [0.2, 0.25) is 0 Å². The Labute approximate surface area is 122 Å². The number of hydrogen-bond acceptors (Lipinski definition) is 2. The van der Waals surface area contributed by atoms with E-state index in [0.717, 1.165) is 5.56 Å². The monoisotopic (exact) mass is 290 g/mol. The Balaban J connectivity index is 2.07. The van der Waals surface area contributed by atoms with E-state index in [0.29, 0.717) is 22.8 Å². The number of aliphatic hydroxyl groups excluding tert-OH is 1. The smallest absolute Gasteiger partial charge is 0.323 e. The van der Waals surface area contributed by atoms with Crippen molar-refractivity contribution in [3.8, 4) is 0 Å². The fourth-order valence-electron chi connectivity index (χ4n) is 1.82. The first-order valence-corrected chi connectivity index (χ1v) is 6.60. The van der Waals surface area contributed by atoms with Crippen molar-refractivity contribution in [2.75, 3.05) is 17.2 Å². The minimum Gasteiger partial charge on any atom is -0.396 e. The Bertz CT molecular complexity index is 602. The van der Waals surface area contributed by atoms with Crippen LogP contribution < -0.4 is 10.6 Å². The van der Waals surface area contributed by atoms with Gasteiger partial charge >= 0.3 is 6.03 Å². The highest BCUT2D eigenvalue weighted by molar-refractivity contribution is 6.33. The van der Waals surface area contributed by atoms with Crippen LogP contribution in [0.2, 0.25) is 5.02 Å². The molecule has 0 unspecified atom stereocenters. The van der Waals surface area contributed by atoms with Gasteiger partial charge in [-0.3, -0.25) is 0 Å². The molecule has 0 saturated heterocycles. The van der Waals surface area contributed by atoms with Gasteiger partial charge in [0.15, 0.2) is 0 Å². The summed E-state index contributed by atoms with van der Waals surface area (Å²) in [6, 6.07) is 14.0. The van der Waals surface area contributed by atoms with E-state index < -0.39 is 0 Å². The van der Waals surface area contributed by atoms with Gasteiger partial charge in [-0.1, -0.05) is 41.9 Å². The van der Waals surface area contributed by atoms with Gasteiger partial charge in [-0.25, -0.2) is 4.79 Å². The van der Waals surface area contributed by atoms with Crippen LogP contribution in [0, 0.1) is 0 Å². The van der Waals surface area contributed by atoms with E-state index in [1.807, 2.05) is 18.2 Å². The summed E-state index contributed by atoms with van der Waals surface area (Å²) in [6.45, 7) is 0.0326. The number of aliphatic hydroxyl groups is 1. The van der Waals surface area contributed by atoms with Crippen LogP contribution in [0.5, 0.6) is 0 Å². The molecule has 0 radical (unpaired) electrons. The highest BCUT2D eigenvalue weighted by atomic mass is 35.5. The number of carbonyl (C=O) groups excluding carboxylic acids is 1. The number of nitrogens with one attached hydrogen (secondary N) is 2. The fourth-order valence-corrected chi connectivity index (χ4v) is 2.00. The standard InChI is InChI=1S/C15H15ClN2O2/c16-12-6-2-4-8-14(12)18-15(20)17-13-7-3-1-5-11(13)9-10-19/h1-8,19H,9-10H2,(H2,17,18,20). The maximum atomic E-state index is 11.9. The molecular weight excluding hydrogens is 276 g/mol. The second-order valence-corrected chi connectivity index (χ2v) is 4.60. The topological polar surface area (TPSA) is 61.4 Å². The van der Waals surface area contributed by atoms with Gasteiger partial charge in [0.25, 0.3) is 0 Å². The average molecular weight is 291 g/mol. The van der Waals surface area contributed by atoms with Crippen molar-refractivity contribution in [2.45, 2.75) is 6.42 Å². The Hall–Kier alpha value is -2.04. The molecule has 0 aliphatic carbocycles. The van der Waals surface area contributed by atoms with Crippen LogP contribution in [-0.4, -0.2) is 17.7 Å². The van der Waals surface area contributed by atoms with Gasteiger partial charge in [0, 0.05) is 12.3 Å². The predicted molar refractivity (Wildman–Crippen MR) is 81.3 cm³/mol. The number of para-hydroxylation sites is 2. The predicted octanol–water partition coefficient (Wildman–Crippen LogP) is 3.52. The lowest BCUT2D eigenvalue weighted by Crippen LogP contribution is -2.20. The van der Waals surface area contributed by atoms with Crippen LogP contribution in [-0.2, 0) is 6.42 Å². The van der Waals surface area contributed by atoms with Crippen LogP contribution in [0.15, 0.2) is 48.5 Å². The van der Waals surface area contributed by atoms with Gasteiger partial charge in [-0.2, -0.15) is 0 Å². The number of hydrogen-bond donors (Lipinski definition) is 3. The summed E-state index contributed by atoms with van der Waals surface area (Å²) in [5, 5.41) is 14.9. The molecule has 0 aromatic heterocycles. The van der Waals surface area contributed by atoms with Crippen LogP contribution >= 0.6 is 11.6 Å². The number of rotatable bonds is 4. The van der Waals surface area contributed by atoms with Crippen LogP contribution in [0.25, 0.3) is 0 Å². The van der Waals surface area contributed by atoms with E-state index in [1.54, 1.807) is 30.3 Å². The molecule has 104 valence electrons. The molecular formula is C15H15ClN2O2. The molecule has 0 aliphatic rings. The zero-order chi connectivity index (χ0) is 14.4. The minimum atomic E-state index is -0.372. The van der Waals surface area contributed by atoms with Gasteiger partial charge in [0.1, 0.15) is 0 Å². The van der Waals surface area contributed by atoms with Gasteiger partial charge in [-0.05, 0) is 30.2 Å². The molecule has 0 fully saturated rings. The van der Waals surface area contributed by atoms with Gasteiger partial charge in [-0.15, -0.1) is 0 Å². The molecule has 0 saturated carbocycles. The number of halogens is 1. The first kappa shape index (κ1) is 14.4. The third-order valence-electron chi connectivity index (χ3n) is 2.77. The van der Waals surface area contributed by atoms with Gasteiger partial charge < -0.3 is 15.7 Å². The van der Waals surface area contributed by atoms with Gasteiger partial charge in [0.05, 0.1) is 10.7 Å². The molecule has 2 aromatic rings. The largest absolute Gasteiger partial charge is 0.396 e. The molecule has 2 rings (SSSR count). The van der Waals surface area contributed by atoms with Crippen LogP contribution in [0.1, 0.15) is 5.56 Å². The summed E-state index contributed by atoms with van der Waals surface area (Å²) < 4.78 is 0. The highest BCUT2D eigenvalue weighted by Gasteiger charge is 2.07. The summed E-state index contributed by atoms with van der Waals surface area (Å²) >= 11 is 5.98. The molecule has 0 atom stereocenters. The summed E-state index contributed by atoms with van der Waals surface area (Å²) in [5.41, 5.74) is 2.10. The molecule has 2 amide bonds. The number of amides is 2. The molecule has 4 nitrogen and oxygen atoms in total. The Morgan fingerprint density at radius 3 is 2.30 bits per heavy atom. The second-order valence-electron chi connectivity index (χ2n) is 4.19. The minimum absolute atomic E-state index is 0.0326. The van der Waals surface area contributed by atoms with E-state index >= 15 is 0 Å². The van der Waals surface area contributed by atoms with Crippen molar-refractivity contribution >= 4 is 29.0 Å². The van der Waals surface area contributed by atoms with E-state index in [9.17, 15) is 4.79 Å². The zero-order valence-corrected chi connectivity index (χ0v) is 11.5. The number of benzene rings is 2. The quantitative estimate of drug-likeness (QED) is 0.807. The SMILES string of the molecule is O=C(Nc1ccccc1Cl)Nc1ccccc1CCO. The Morgan fingerprint density at radius 1 is 1.00 bits per heavy atom. The second kappa shape index (κ2) is 6.93. The highest BCUT2D eigenvalue weighted by Crippen LogP contribution is 2.21. The van der Waals surface area contributed by atoms with E-state index in [-0.39, 0.29) is 12.6 Å². The third-order valence-corrected chi connectivity index (χ3v) is 3.10.